The molecule has 0 aromatic carbocycles. The molecule has 3 nitrogen and oxygen atoms in total. The molecule has 0 aliphatic rings. The second-order valence-electron chi connectivity index (χ2n) is 2.10. The molecule has 2 N–H and O–H groups in total. The zero-order valence-electron chi connectivity index (χ0n) is 6.10. The molecule has 0 amide bonds. The summed E-state index contributed by atoms with van der Waals surface area (Å²) in [5, 5.41) is 0. The zero-order chi connectivity index (χ0) is 10.1. The first kappa shape index (κ1) is 9.56. The Morgan fingerprint density at radius 2 is 1.92 bits per heavy atom. The average molecular weight is 196 g/mol. The van der Waals surface area contributed by atoms with Crippen LogP contribution >= 0.6 is 0 Å². The van der Waals surface area contributed by atoms with Gasteiger partial charge in [-0.05, 0) is 0 Å². The van der Waals surface area contributed by atoms with Crippen LogP contribution in [0.5, 0.6) is 5.88 Å². The highest BCUT2D eigenvalue weighted by Gasteiger charge is 2.32. The van der Waals surface area contributed by atoms with Gasteiger partial charge < -0.3 is 10.5 Å². The Labute approximate surface area is 70.1 Å². The van der Waals surface area contributed by atoms with Crippen molar-refractivity contribution in [3.05, 3.63) is 17.9 Å². The first-order valence-corrected chi connectivity index (χ1v) is 3.05. The van der Waals surface area contributed by atoms with E-state index in [-0.39, 0.29) is 5.82 Å². The van der Waals surface area contributed by atoms with Crippen LogP contribution in [0.3, 0.4) is 0 Å². The van der Waals surface area contributed by atoms with Gasteiger partial charge in [0.2, 0.25) is 5.88 Å². The van der Waals surface area contributed by atoms with Crippen LogP contribution in [0.15, 0.2) is 12.1 Å². The van der Waals surface area contributed by atoms with Gasteiger partial charge in [0.1, 0.15) is 11.6 Å². The molecule has 0 radical (unpaired) electrons. The molecule has 0 aliphatic carbocycles. The van der Waals surface area contributed by atoms with E-state index in [0.29, 0.717) is 6.07 Å². The minimum atomic E-state index is -4.90. The van der Waals surface area contributed by atoms with Crippen LogP contribution < -0.4 is 10.5 Å². The Morgan fingerprint density at radius 3 is 2.38 bits per heavy atom. The summed E-state index contributed by atoms with van der Waals surface area (Å²) in [4.78, 5) is 3.11. The fraction of sp³-hybridized carbons (Fsp3) is 0.167. The highest BCUT2D eigenvalue weighted by atomic mass is 19.4. The number of nitrogens with zero attached hydrogens (tertiary/aromatic N) is 1. The van der Waals surface area contributed by atoms with Gasteiger partial charge in [0.25, 0.3) is 0 Å². The van der Waals surface area contributed by atoms with E-state index in [4.69, 9.17) is 5.73 Å². The van der Waals surface area contributed by atoms with Crippen LogP contribution in [0.2, 0.25) is 0 Å². The van der Waals surface area contributed by atoms with Gasteiger partial charge >= 0.3 is 6.36 Å². The molecular formula is C6H4F4N2O. The van der Waals surface area contributed by atoms with Gasteiger partial charge in [-0.25, -0.2) is 4.39 Å². The Hall–Kier alpha value is -1.53. The normalized spacial score (nSPS) is 11.4. The van der Waals surface area contributed by atoms with Gasteiger partial charge in [0.05, 0.1) is 0 Å². The number of anilines is 1. The molecule has 0 saturated carbocycles. The number of nitrogens with two attached hydrogens (primary N) is 1. The van der Waals surface area contributed by atoms with E-state index in [1.54, 1.807) is 0 Å². The molecular weight excluding hydrogens is 192 g/mol. The van der Waals surface area contributed by atoms with E-state index in [0.717, 1.165) is 6.07 Å². The Morgan fingerprint density at radius 1 is 1.31 bits per heavy atom. The molecule has 0 spiro atoms. The molecule has 72 valence electrons. The first-order valence-electron chi connectivity index (χ1n) is 3.05. The van der Waals surface area contributed by atoms with E-state index < -0.39 is 18.1 Å². The van der Waals surface area contributed by atoms with Crippen molar-refractivity contribution in [3.63, 3.8) is 0 Å². The number of aromatic nitrogens is 1. The predicted octanol–water partition coefficient (Wildman–Crippen LogP) is 1.70. The summed E-state index contributed by atoms with van der Waals surface area (Å²) in [6.45, 7) is 0. The van der Waals surface area contributed by atoms with Crippen LogP contribution in [0.4, 0.5) is 23.4 Å². The lowest BCUT2D eigenvalue weighted by atomic mass is 10.4. The molecule has 1 rings (SSSR count). The largest absolute Gasteiger partial charge is 0.574 e. The molecule has 7 heteroatoms. The van der Waals surface area contributed by atoms with Crippen LogP contribution in [0, 0.1) is 5.82 Å². The first-order chi connectivity index (χ1) is 5.87. The molecule has 0 aliphatic heterocycles. The number of alkyl halides is 3. The van der Waals surface area contributed by atoms with Gasteiger partial charge in [0.15, 0.2) is 0 Å². The number of hydrogen-bond acceptors (Lipinski definition) is 3. The second kappa shape index (κ2) is 3.08. The van der Waals surface area contributed by atoms with Crippen molar-refractivity contribution in [2.24, 2.45) is 0 Å². The number of hydrogen-bond donors (Lipinski definition) is 1. The quantitative estimate of drug-likeness (QED) is 0.695. The highest BCUT2D eigenvalue weighted by Crippen LogP contribution is 2.22. The number of nitrogen functional groups attached to an aromatic ring is 1. The van der Waals surface area contributed by atoms with Gasteiger partial charge in [-0.2, -0.15) is 4.98 Å². The topological polar surface area (TPSA) is 48.1 Å². The molecule has 0 atom stereocenters. The number of pyridine rings is 1. The van der Waals surface area contributed by atoms with Crippen LogP contribution in [-0.2, 0) is 0 Å². The lowest BCUT2D eigenvalue weighted by Gasteiger charge is -2.07. The van der Waals surface area contributed by atoms with Crippen LogP contribution in [-0.4, -0.2) is 11.3 Å². The summed E-state index contributed by atoms with van der Waals surface area (Å²) < 4.78 is 50.5. The maximum absolute atomic E-state index is 12.4. The predicted molar refractivity (Wildman–Crippen MR) is 35.3 cm³/mol. The lowest BCUT2D eigenvalue weighted by Crippen LogP contribution is -2.18. The van der Waals surface area contributed by atoms with E-state index in [9.17, 15) is 17.6 Å². The van der Waals surface area contributed by atoms with Crippen molar-refractivity contribution in [3.8, 4) is 5.88 Å². The molecule has 13 heavy (non-hydrogen) atoms. The van der Waals surface area contributed by atoms with Crippen molar-refractivity contribution in [2.45, 2.75) is 6.36 Å². The second-order valence-corrected chi connectivity index (χ2v) is 2.10. The lowest BCUT2D eigenvalue weighted by molar-refractivity contribution is -0.276. The number of halogens is 4. The summed E-state index contributed by atoms with van der Waals surface area (Å²) in [5.74, 6) is -2.23. The van der Waals surface area contributed by atoms with Crippen molar-refractivity contribution in [1.82, 2.24) is 4.98 Å². The monoisotopic (exact) mass is 196 g/mol. The maximum Gasteiger partial charge on any atom is 0.574 e. The van der Waals surface area contributed by atoms with Crippen molar-refractivity contribution in [2.75, 3.05) is 5.73 Å². The van der Waals surface area contributed by atoms with Crippen molar-refractivity contribution < 1.29 is 22.3 Å². The minimum absolute atomic E-state index is 0.376. The molecule has 0 unspecified atom stereocenters. The SMILES string of the molecule is Nc1cc(F)cc(OC(F)(F)F)n1. The summed E-state index contributed by atoms with van der Waals surface area (Å²) in [7, 11) is 0. The van der Waals surface area contributed by atoms with Gasteiger partial charge in [0, 0.05) is 12.1 Å². The van der Waals surface area contributed by atoms with E-state index in [2.05, 4.69) is 9.72 Å². The summed E-state index contributed by atoms with van der Waals surface area (Å²) in [6, 6.07) is 1.27. The van der Waals surface area contributed by atoms with Crippen molar-refractivity contribution >= 4 is 5.82 Å². The number of rotatable bonds is 1. The Kier molecular flexibility index (Phi) is 2.26. The summed E-state index contributed by atoms with van der Waals surface area (Å²) in [6.07, 6.45) is -4.90. The molecule has 1 aromatic rings. The Bertz CT molecular complexity index is 292. The van der Waals surface area contributed by atoms with Gasteiger partial charge in [-0.1, -0.05) is 0 Å². The summed E-state index contributed by atoms with van der Waals surface area (Å²) in [5.41, 5.74) is 4.98. The molecule has 0 bridgehead atoms. The maximum atomic E-state index is 12.4. The average Bonchev–Trinajstić information content (AvgIpc) is 1.78. The number of ether oxygens (including phenoxy) is 1. The van der Waals surface area contributed by atoms with E-state index >= 15 is 0 Å². The smallest absolute Gasteiger partial charge is 0.388 e. The molecule has 0 saturated heterocycles. The van der Waals surface area contributed by atoms with Crippen molar-refractivity contribution in [1.29, 1.82) is 0 Å². The minimum Gasteiger partial charge on any atom is -0.388 e. The Balaban J connectivity index is 2.90. The molecule has 0 fully saturated rings. The molecule has 1 aromatic heterocycles. The fourth-order valence-corrected chi connectivity index (χ4v) is 0.664. The van der Waals surface area contributed by atoms with Crippen LogP contribution in [0.1, 0.15) is 0 Å². The third-order valence-electron chi connectivity index (χ3n) is 1.01. The van der Waals surface area contributed by atoms with Gasteiger partial charge in [-0.3, -0.25) is 0 Å². The van der Waals surface area contributed by atoms with Gasteiger partial charge in [-0.15, -0.1) is 13.2 Å². The van der Waals surface area contributed by atoms with Crippen LogP contribution in [0.25, 0.3) is 0 Å². The zero-order valence-corrected chi connectivity index (χ0v) is 6.10. The highest BCUT2D eigenvalue weighted by molar-refractivity contribution is 5.32. The van der Waals surface area contributed by atoms with E-state index in [1.807, 2.05) is 0 Å². The standard InChI is InChI=1S/C6H4F4N2O/c7-3-1-4(11)12-5(2-3)13-6(8,9)10/h1-2H,(H2,11,12). The molecule has 1 heterocycles. The third-order valence-corrected chi connectivity index (χ3v) is 1.01. The van der Waals surface area contributed by atoms with E-state index in [1.165, 1.54) is 0 Å². The summed E-state index contributed by atoms with van der Waals surface area (Å²) >= 11 is 0. The third kappa shape index (κ3) is 3.14. The fourth-order valence-electron chi connectivity index (χ4n) is 0.664.